The van der Waals surface area contributed by atoms with Crippen LogP contribution in [-0.4, -0.2) is 80.6 Å². The van der Waals surface area contributed by atoms with E-state index in [1.54, 1.807) is 7.05 Å². The number of piperazine rings is 1. The maximum Gasteiger partial charge on any atom is 0.233 e. The van der Waals surface area contributed by atoms with Gasteiger partial charge in [0.15, 0.2) is 0 Å². The molecule has 0 aromatic heterocycles. The molecule has 2 amide bonds. The Morgan fingerprint density at radius 2 is 1.95 bits per heavy atom. The van der Waals surface area contributed by atoms with Gasteiger partial charge in [-0.15, -0.1) is 0 Å². The highest BCUT2D eigenvalue weighted by atomic mass is 16.5. The van der Waals surface area contributed by atoms with Crippen LogP contribution >= 0.6 is 0 Å². The number of hydrogen-bond donors (Lipinski definition) is 2. The van der Waals surface area contributed by atoms with Crippen molar-refractivity contribution in [3.63, 3.8) is 0 Å². The predicted molar refractivity (Wildman–Crippen MR) is 69.4 cm³/mol. The lowest BCUT2D eigenvalue weighted by Crippen LogP contribution is -2.53. The molecule has 7 nitrogen and oxygen atoms in total. The van der Waals surface area contributed by atoms with Gasteiger partial charge >= 0.3 is 0 Å². The van der Waals surface area contributed by atoms with Crippen LogP contribution in [-0.2, 0) is 14.3 Å². The molecule has 2 atom stereocenters. The summed E-state index contributed by atoms with van der Waals surface area (Å²) in [6.07, 6.45) is 0. The van der Waals surface area contributed by atoms with E-state index >= 15 is 0 Å². The lowest BCUT2D eigenvalue weighted by atomic mass is 10.0. The van der Waals surface area contributed by atoms with Crippen LogP contribution in [0.1, 0.15) is 0 Å². The topological polar surface area (TPSA) is 87.9 Å². The maximum atomic E-state index is 12.3. The van der Waals surface area contributed by atoms with Crippen LogP contribution in [0.2, 0.25) is 0 Å². The minimum absolute atomic E-state index is 0.00555. The number of likely N-dealkylation sites (N-methyl/N-ethyl adjacent to an activating group) is 1. The van der Waals surface area contributed by atoms with Gasteiger partial charge in [0.05, 0.1) is 25.7 Å². The minimum Gasteiger partial charge on any atom is -0.379 e. The highest BCUT2D eigenvalue weighted by Gasteiger charge is 2.35. The number of hydrogen-bond acceptors (Lipinski definition) is 5. The average molecular weight is 270 g/mol. The van der Waals surface area contributed by atoms with Crippen molar-refractivity contribution >= 4 is 11.8 Å². The van der Waals surface area contributed by atoms with Crippen LogP contribution in [0.15, 0.2) is 0 Å². The van der Waals surface area contributed by atoms with Crippen LogP contribution in [0, 0.1) is 5.92 Å². The number of nitrogens with two attached hydrogens (primary N) is 1. The normalized spacial score (nSPS) is 28.4. The fraction of sp³-hybridized carbons (Fsp3) is 0.833. The fourth-order valence-corrected chi connectivity index (χ4v) is 2.47. The van der Waals surface area contributed by atoms with Gasteiger partial charge < -0.3 is 20.7 Å². The molecule has 2 unspecified atom stereocenters. The molecule has 2 saturated heterocycles. The van der Waals surface area contributed by atoms with Crippen LogP contribution in [0.25, 0.3) is 0 Å². The number of rotatable bonds is 3. The molecule has 2 aliphatic rings. The molecule has 2 heterocycles. The van der Waals surface area contributed by atoms with Gasteiger partial charge in [-0.3, -0.25) is 14.5 Å². The summed E-state index contributed by atoms with van der Waals surface area (Å²) in [7, 11) is 1.63. The quantitative estimate of drug-likeness (QED) is 0.610. The van der Waals surface area contributed by atoms with Crippen LogP contribution in [0.3, 0.4) is 0 Å². The molecule has 0 radical (unpaired) electrons. The third kappa shape index (κ3) is 3.43. The molecule has 2 aliphatic heterocycles. The summed E-state index contributed by atoms with van der Waals surface area (Å²) >= 11 is 0. The van der Waals surface area contributed by atoms with Gasteiger partial charge in [0.25, 0.3) is 0 Å². The smallest absolute Gasteiger partial charge is 0.233 e. The predicted octanol–water partition coefficient (Wildman–Crippen LogP) is -2.15. The fourth-order valence-electron chi connectivity index (χ4n) is 2.47. The van der Waals surface area contributed by atoms with E-state index in [4.69, 9.17) is 10.5 Å². The standard InChI is InChI=1S/C12H22N4O3/c1-14-11(17)6-15-2-4-16(5-3-15)12(18)9-7-19-8-10(9)13/h9-10H,2-8,13H2,1H3,(H,14,17). The Morgan fingerprint density at radius 3 is 2.47 bits per heavy atom. The van der Waals surface area contributed by atoms with E-state index in [1.807, 2.05) is 9.80 Å². The second-order valence-electron chi connectivity index (χ2n) is 5.08. The van der Waals surface area contributed by atoms with E-state index in [1.165, 1.54) is 0 Å². The number of carbonyl (C=O) groups is 2. The van der Waals surface area contributed by atoms with Crippen molar-refractivity contribution in [3.05, 3.63) is 0 Å². The monoisotopic (exact) mass is 270 g/mol. The summed E-state index contributed by atoms with van der Waals surface area (Å²) in [5.74, 6) is -0.110. The zero-order valence-corrected chi connectivity index (χ0v) is 11.3. The van der Waals surface area contributed by atoms with E-state index in [2.05, 4.69) is 5.32 Å². The number of carbonyl (C=O) groups excluding carboxylic acids is 2. The van der Waals surface area contributed by atoms with Crippen molar-refractivity contribution in [1.29, 1.82) is 0 Å². The zero-order valence-electron chi connectivity index (χ0n) is 11.3. The first-order chi connectivity index (χ1) is 9.11. The minimum atomic E-state index is -0.203. The first-order valence-electron chi connectivity index (χ1n) is 6.67. The van der Waals surface area contributed by atoms with Gasteiger partial charge in [0.1, 0.15) is 0 Å². The highest BCUT2D eigenvalue weighted by Crippen LogP contribution is 2.16. The first kappa shape index (κ1) is 14.2. The molecule has 7 heteroatoms. The average Bonchev–Trinajstić information content (AvgIpc) is 2.85. The summed E-state index contributed by atoms with van der Waals surface area (Å²) in [6.45, 7) is 4.04. The molecule has 0 aliphatic carbocycles. The van der Waals surface area contributed by atoms with Gasteiger partial charge in [-0.1, -0.05) is 0 Å². The van der Waals surface area contributed by atoms with Gasteiger partial charge in [-0.05, 0) is 0 Å². The summed E-state index contributed by atoms with van der Waals surface area (Å²) in [5, 5.41) is 2.60. The lowest BCUT2D eigenvalue weighted by Gasteiger charge is -2.35. The molecular formula is C12H22N4O3. The van der Waals surface area contributed by atoms with E-state index in [0.717, 1.165) is 13.1 Å². The number of ether oxygens (including phenoxy) is 1. The Bertz CT molecular complexity index is 342. The Hall–Kier alpha value is -1.18. The largest absolute Gasteiger partial charge is 0.379 e. The van der Waals surface area contributed by atoms with Gasteiger partial charge in [0.2, 0.25) is 11.8 Å². The summed E-state index contributed by atoms with van der Waals surface area (Å²) < 4.78 is 5.23. The SMILES string of the molecule is CNC(=O)CN1CCN(C(=O)C2COCC2N)CC1. The van der Waals surface area contributed by atoms with Gasteiger partial charge in [-0.25, -0.2) is 0 Å². The van der Waals surface area contributed by atoms with E-state index in [-0.39, 0.29) is 23.8 Å². The third-order valence-corrected chi connectivity index (χ3v) is 3.77. The van der Waals surface area contributed by atoms with Crippen molar-refractivity contribution < 1.29 is 14.3 Å². The summed E-state index contributed by atoms with van der Waals surface area (Å²) in [4.78, 5) is 27.4. The molecule has 0 bridgehead atoms. The first-order valence-corrected chi connectivity index (χ1v) is 6.67. The summed E-state index contributed by atoms with van der Waals surface area (Å²) in [5.41, 5.74) is 5.86. The van der Waals surface area contributed by atoms with Crippen molar-refractivity contribution in [2.24, 2.45) is 11.7 Å². The Kier molecular flexibility index (Phi) is 4.73. The van der Waals surface area contributed by atoms with Gasteiger partial charge in [-0.2, -0.15) is 0 Å². The van der Waals surface area contributed by atoms with E-state index in [9.17, 15) is 9.59 Å². The Labute approximate surface area is 113 Å². The highest BCUT2D eigenvalue weighted by molar-refractivity contribution is 5.80. The maximum absolute atomic E-state index is 12.3. The van der Waals surface area contributed by atoms with Crippen molar-refractivity contribution in [2.45, 2.75) is 6.04 Å². The van der Waals surface area contributed by atoms with Crippen LogP contribution in [0.5, 0.6) is 0 Å². The van der Waals surface area contributed by atoms with Crippen LogP contribution in [0.4, 0.5) is 0 Å². The van der Waals surface area contributed by atoms with E-state index < -0.39 is 0 Å². The van der Waals surface area contributed by atoms with Crippen molar-refractivity contribution in [1.82, 2.24) is 15.1 Å². The molecule has 0 saturated carbocycles. The molecule has 0 spiro atoms. The van der Waals surface area contributed by atoms with E-state index in [0.29, 0.717) is 32.8 Å². The molecule has 2 fully saturated rings. The summed E-state index contributed by atoms with van der Waals surface area (Å²) in [6, 6.07) is -0.184. The molecule has 0 aromatic carbocycles. The van der Waals surface area contributed by atoms with Crippen LogP contribution < -0.4 is 11.1 Å². The number of nitrogens with one attached hydrogen (secondary N) is 1. The second kappa shape index (κ2) is 6.31. The molecule has 2 rings (SSSR count). The molecule has 3 N–H and O–H groups in total. The van der Waals surface area contributed by atoms with Gasteiger partial charge in [0, 0.05) is 39.3 Å². The molecular weight excluding hydrogens is 248 g/mol. The number of amides is 2. The zero-order chi connectivity index (χ0) is 13.8. The molecule has 108 valence electrons. The third-order valence-electron chi connectivity index (χ3n) is 3.77. The lowest BCUT2D eigenvalue weighted by molar-refractivity contribution is -0.137. The number of nitrogens with zero attached hydrogens (tertiary/aromatic N) is 2. The second-order valence-corrected chi connectivity index (χ2v) is 5.08. The Morgan fingerprint density at radius 1 is 1.26 bits per heavy atom. The molecule has 0 aromatic rings. The Balaban J connectivity index is 1.79. The molecule has 19 heavy (non-hydrogen) atoms. The van der Waals surface area contributed by atoms with Crippen molar-refractivity contribution in [2.75, 3.05) is 53.0 Å². The van der Waals surface area contributed by atoms with Crippen molar-refractivity contribution in [3.8, 4) is 0 Å².